The van der Waals surface area contributed by atoms with Gasteiger partial charge in [-0.25, -0.2) is 8.42 Å². The summed E-state index contributed by atoms with van der Waals surface area (Å²) in [4.78, 5) is 35.4. The van der Waals surface area contributed by atoms with Gasteiger partial charge in [0.25, 0.3) is 5.91 Å². The molecule has 1 amide bonds. The minimum atomic E-state index is -3.85. The maximum Gasteiger partial charge on any atom is 0.302 e. The highest BCUT2D eigenvalue weighted by Crippen LogP contribution is 2.41. The van der Waals surface area contributed by atoms with Gasteiger partial charge < -0.3 is 14.6 Å². The average molecular weight is 356 g/mol. The molecule has 0 aromatic carbocycles. The number of fused-ring (bicyclic) bond motifs is 1. The number of nitrogens with zero attached hydrogens (tertiary/aromatic N) is 1. The maximum atomic E-state index is 12.5. The van der Waals surface area contributed by atoms with Crippen molar-refractivity contribution < 1.29 is 32.6 Å². The fourth-order valence-corrected chi connectivity index (χ4v) is 4.64. The fraction of sp³-hybridized carbons (Fsp3) is 0.533. The van der Waals surface area contributed by atoms with Gasteiger partial charge in [0.05, 0.1) is 23.0 Å². The Bertz CT molecular complexity index is 783. The normalized spacial score (nSPS) is 24.5. The van der Waals surface area contributed by atoms with E-state index in [0.29, 0.717) is 4.90 Å². The molecule has 2 aliphatic rings. The van der Waals surface area contributed by atoms with Gasteiger partial charge in [0.1, 0.15) is 6.61 Å². The van der Waals surface area contributed by atoms with Crippen LogP contribution in [0.1, 0.15) is 27.7 Å². The first-order valence-corrected chi connectivity index (χ1v) is 8.91. The highest BCUT2D eigenvalue weighted by atomic mass is 32.2. The second kappa shape index (κ2) is 5.73. The number of rotatable bonds is 3. The van der Waals surface area contributed by atoms with E-state index in [-0.39, 0.29) is 11.1 Å². The maximum absolute atomic E-state index is 12.5. The lowest BCUT2D eigenvalue weighted by molar-refractivity contribution is -0.301. The predicted octanol–water partition coefficient (Wildman–Crippen LogP) is -0.877. The van der Waals surface area contributed by atoms with Crippen LogP contribution in [0, 0.1) is 5.41 Å². The van der Waals surface area contributed by atoms with Crippen LogP contribution in [0.4, 0.5) is 0 Å². The van der Waals surface area contributed by atoms with Crippen LogP contribution in [0.5, 0.6) is 0 Å². The van der Waals surface area contributed by atoms with E-state index in [9.17, 15) is 27.9 Å². The van der Waals surface area contributed by atoms with E-state index in [1.165, 1.54) is 6.08 Å². The molecule has 24 heavy (non-hydrogen) atoms. The number of hydrogen-bond acceptors (Lipinski definition) is 7. The predicted molar refractivity (Wildman–Crippen MR) is 80.6 cm³/mol. The van der Waals surface area contributed by atoms with E-state index in [2.05, 4.69) is 0 Å². The van der Waals surface area contributed by atoms with Crippen LogP contribution in [0.2, 0.25) is 0 Å². The van der Waals surface area contributed by atoms with Crippen molar-refractivity contribution in [2.24, 2.45) is 5.41 Å². The summed E-state index contributed by atoms with van der Waals surface area (Å²) in [7, 11) is -3.85. The number of carbonyl (C=O) groups excluding carboxylic acids is 3. The molecule has 0 saturated carbocycles. The van der Waals surface area contributed by atoms with Crippen molar-refractivity contribution in [3.63, 3.8) is 0 Å². The monoisotopic (exact) mass is 356 g/mol. The molecule has 0 radical (unpaired) electrons. The molecular weight excluding hydrogens is 338 g/mol. The zero-order valence-corrected chi connectivity index (χ0v) is 14.6. The van der Waals surface area contributed by atoms with Crippen molar-refractivity contribution in [1.82, 2.24) is 4.90 Å². The fourth-order valence-electron chi connectivity index (χ4n) is 2.70. The summed E-state index contributed by atoms with van der Waals surface area (Å²) in [5.41, 5.74) is -1.11. The topological polar surface area (TPSA) is 121 Å². The number of sulfone groups is 1. The quantitative estimate of drug-likeness (QED) is 0.366. The smallest absolute Gasteiger partial charge is 0.302 e. The summed E-state index contributed by atoms with van der Waals surface area (Å²) in [6.07, 6.45) is 1.53. The molecular formula is C15H18NO7S-. The van der Waals surface area contributed by atoms with E-state index in [0.717, 1.165) is 6.92 Å². The van der Waals surface area contributed by atoms with Gasteiger partial charge in [-0.3, -0.25) is 14.5 Å². The minimum Gasteiger partial charge on any atom is -0.543 e. The number of allylic oxidation sites excluding steroid dienone is 1. The van der Waals surface area contributed by atoms with Gasteiger partial charge in [-0.05, 0) is 5.41 Å². The van der Waals surface area contributed by atoms with Crippen LogP contribution in [0.25, 0.3) is 0 Å². The number of β-lactam (4-membered cyclic amide) rings is 1. The summed E-state index contributed by atoms with van der Waals surface area (Å²) in [5.74, 6) is -3.68. The number of carbonyl (C=O) groups is 3. The van der Waals surface area contributed by atoms with E-state index in [1.54, 1.807) is 20.8 Å². The first-order chi connectivity index (χ1) is 10.8. The molecule has 2 heterocycles. The molecule has 0 N–H and O–H groups in total. The Morgan fingerprint density at radius 3 is 2.42 bits per heavy atom. The Labute approximate surface area is 139 Å². The minimum absolute atomic E-state index is 0.0489. The largest absolute Gasteiger partial charge is 0.543 e. The number of carboxylic acids is 1. The molecule has 0 spiro atoms. The zero-order chi connectivity index (χ0) is 18.4. The first kappa shape index (κ1) is 18.2. The van der Waals surface area contributed by atoms with Crippen LogP contribution < -0.4 is 5.11 Å². The van der Waals surface area contributed by atoms with Crippen molar-refractivity contribution in [3.05, 3.63) is 22.9 Å². The SMILES string of the molecule is CC(=O)OCC1=C(C(=O)[O-])N2C(=O)/C(=C/C(C)(C)C)[C@H]2S(=O)(=O)C1. The zero-order valence-electron chi connectivity index (χ0n) is 13.8. The lowest BCUT2D eigenvalue weighted by Gasteiger charge is -2.47. The summed E-state index contributed by atoms with van der Waals surface area (Å²) in [5, 5.41) is 10.1. The van der Waals surface area contributed by atoms with Crippen molar-refractivity contribution in [1.29, 1.82) is 0 Å². The molecule has 1 fully saturated rings. The molecule has 2 rings (SSSR count). The van der Waals surface area contributed by atoms with E-state index >= 15 is 0 Å². The summed E-state index contributed by atoms with van der Waals surface area (Å²) in [6.45, 7) is 5.98. The lowest BCUT2D eigenvalue weighted by atomic mass is 9.89. The highest BCUT2D eigenvalue weighted by Gasteiger charge is 2.55. The first-order valence-electron chi connectivity index (χ1n) is 7.20. The molecule has 0 aliphatic carbocycles. The molecule has 1 saturated heterocycles. The number of ether oxygens (including phenoxy) is 1. The third-order valence-electron chi connectivity index (χ3n) is 3.49. The number of carboxylic acid groups (broad SMARTS) is 1. The Balaban J connectivity index is 2.53. The van der Waals surface area contributed by atoms with Crippen molar-refractivity contribution in [3.8, 4) is 0 Å². The number of aliphatic carboxylic acids is 1. The molecule has 1 atom stereocenters. The van der Waals surface area contributed by atoms with Crippen molar-refractivity contribution >= 4 is 27.7 Å². The standard InChI is InChI=1S/C15H19NO7S/c1-8(17)23-6-9-7-24(21,22)13-10(5-15(2,3)4)12(18)16(13)11(9)14(19)20/h5,13H,6-7H2,1-4H3,(H,19,20)/p-1/b10-5-/t13-/m1/s1. The van der Waals surface area contributed by atoms with E-state index < -0.39 is 56.5 Å². The number of esters is 1. The van der Waals surface area contributed by atoms with Crippen LogP contribution in [0.15, 0.2) is 22.9 Å². The molecule has 0 aromatic rings. The van der Waals surface area contributed by atoms with E-state index in [1.807, 2.05) is 0 Å². The van der Waals surface area contributed by atoms with Crippen LogP contribution in [-0.4, -0.2) is 48.9 Å². The van der Waals surface area contributed by atoms with Gasteiger partial charge >= 0.3 is 5.97 Å². The third-order valence-corrected chi connectivity index (χ3v) is 5.39. The molecule has 132 valence electrons. The second-order valence-electron chi connectivity index (χ2n) is 6.82. The van der Waals surface area contributed by atoms with E-state index in [4.69, 9.17) is 4.74 Å². The number of hydrogen-bond donors (Lipinski definition) is 0. The Hall–Kier alpha value is -2.16. The number of amides is 1. The second-order valence-corrected chi connectivity index (χ2v) is 8.88. The Kier molecular flexibility index (Phi) is 4.34. The molecule has 9 heteroatoms. The Morgan fingerprint density at radius 2 is 1.96 bits per heavy atom. The van der Waals surface area contributed by atoms with Crippen LogP contribution >= 0.6 is 0 Å². The summed E-state index contributed by atoms with van der Waals surface area (Å²) >= 11 is 0. The van der Waals surface area contributed by atoms with Crippen molar-refractivity contribution in [2.45, 2.75) is 33.1 Å². The van der Waals surface area contributed by atoms with Gasteiger partial charge in [-0.15, -0.1) is 0 Å². The third kappa shape index (κ3) is 3.21. The molecule has 8 nitrogen and oxygen atoms in total. The van der Waals surface area contributed by atoms with Crippen molar-refractivity contribution in [2.75, 3.05) is 12.4 Å². The van der Waals surface area contributed by atoms with Gasteiger partial charge in [0, 0.05) is 12.5 Å². The lowest BCUT2D eigenvalue weighted by Crippen LogP contribution is -2.63. The molecule has 0 unspecified atom stereocenters. The summed E-state index contributed by atoms with van der Waals surface area (Å²) < 4.78 is 29.7. The average Bonchev–Trinajstić information content (AvgIpc) is 2.39. The van der Waals surface area contributed by atoms with Crippen LogP contribution in [-0.2, 0) is 29.0 Å². The van der Waals surface area contributed by atoms with Gasteiger partial charge in [0.2, 0.25) is 0 Å². The molecule has 0 bridgehead atoms. The molecule has 2 aliphatic heterocycles. The van der Waals surface area contributed by atoms with Gasteiger partial charge in [0.15, 0.2) is 15.2 Å². The Morgan fingerprint density at radius 1 is 1.38 bits per heavy atom. The van der Waals surface area contributed by atoms with Crippen LogP contribution in [0.3, 0.4) is 0 Å². The van der Waals surface area contributed by atoms with Gasteiger partial charge in [-0.2, -0.15) is 0 Å². The summed E-state index contributed by atoms with van der Waals surface area (Å²) in [6, 6.07) is 0. The highest BCUT2D eigenvalue weighted by molar-refractivity contribution is 7.92. The molecule has 0 aromatic heterocycles. The van der Waals surface area contributed by atoms with Gasteiger partial charge in [-0.1, -0.05) is 26.8 Å².